The summed E-state index contributed by atoms with van der Waals surface area (Å²) >= 11 is 1.15. The van der Waals surface area contributed by atoms with Crippen molar-refractivity contribution in [1.29, 1.82) is 0 Å². The van der Waals surface area contributed by atoms with Crippen LogP contribution in [-0.2, 0) is 9.53 Å². The van der Waals surface area contributed by atoms with E-state index in [9.17, 15) is 9.59 Å². The second kappa shape index (κ2) is 4.07. The molecule has 1 aromatic rings. The number of benzene rings is 1. The molecular formula is C12H13NO3S. The lowest BCUT2D eigenvalue weighted by atomic mass is 10.1. The number of carbonyl (C=O) groups excluding carboxylic acids is 2. The summed E-state index contributed by atoms with van der Waals surface area (Å²) in [6.07, 6.45) is 0. The molecule has 4 nitrogen and oxygen atoms in total. The van der Waals surface area contributed by atoms with Crippen molar-refractivity contribution >= 4 is 28.5 Å². The van der Waals surface area contributed by atoms with Crippen LogP contribution < -0.4 is 5.32 Å². The number of methoxy groups -OCH3 is 1. The van der Waals surface area contributed by atoms with Crippen molar-refractivity contribution in [2.24, 2.45) is 0 Å². The molecule has 90 valence electrons. The molecule has 0 atom stereocenters. The van der Waals surface area contributed by atoms with E-state index in [4.69, 9.17) is 0 Å². The fraction of sp³-hybridized carbons (Fsp3) is 0.333. The van der Waals surface area contributed by atoms with Crippen molar-refractivity contribution in [2.45, 2.75) is 24.3 Å². The molecule has 0 aliphatic carbocycles. The Labute approximate surface area is 104 Å². The maximum atomic E-state index is 11.8. The third kappa shape index (κ3) is 2.15. The zero-order valence-electron chi connectivity index (χ0n) is 9.87. The van der Waals surface area contributed by atoms with Gasteiger partial charge in [0.15, 0.2) is 0 Å². The van der Waals surface area contributed by atoms with Crippen LogP contribution in [0.3, 0.4) is 0 Å². The first kappa shape index (κ1) is 12.0. The summed E-state index contributed by atoms with van der Waals surface area (Å²) in [6, 6.07) is 5.15. The Morgan fingerprint density at radius 3 is 2.76 bits per heavy atom. The maximum absolute atomic E-state index is 11.8. The molecule has 0 bridgehead atoms. The number of fused-ring (bicyclic) bond motifs is 1. The Kier molecular flexibility index (Phi) is 2.87. The van der Waals surface area contributed by atoms with Gasteiger partial charge in [0.1, 0.15) is 5.54 Å². The van der Waals surface area contributed by atoms with Gasteiger partial charge in [-0.05, 0) is 43.8 Å². The highest BCUT2D eigenvalue weighted by Crippen LogP contribution is 2.38. The molecule has 17 heavy (non-hydrogen) atoms. The first-order chi connectivity index (χ1) is 7.94. The zero-order chi connectivity index (χ0) is 12.6. The molecule has 0 amide bonds. The lowest BCUT2D eigenvalue weighted by Crippen LogP contribution is -2.40. The molecule has 0 radical (unpaired) electrons. The molecule has 0 spiro atoms. The van der Waals surface area contributed by atoms with E-state index >= 15 is 0 Å². The fourth-order valence-electron chi connectivity index (χ4n) is 1.57. The van der Waals surface area contributed by atoms with E-state index in [-0.39, 0.29) is 5.12 Å². The highest BCUT2D eigenvalue weighted by molar-refractivity contribution is 8.14. The van der Waals surface area contributed by atoms with Crippen molar-refractivity contribution in [1.82, 2.24) is 0 Å². The van der Waals surface area contributed by atoms with Gasteiger partial charge >= 0.3 is 5.97 Å². The Balaban J connectivity index is 2.39. The van der Waals surface area contributed by atoms with Gasteiger partial charge in [-0.25, -0.2) is 4.79 Å². The van der Waals surface area contributed by atoms with E-state index in [0.717, 1.165) is 22.3 Å². The molecular weight excluding hydrogens is 238 g/mol. The van der Waals surface area contributed by atoms with Crippen molar-refractivity contribution in [3.8, 4) is 0 Å². The summed E-state index contributed by atoms with van der Waals surface area (Å²) in [5.41, 5.74) is 0.741. The first-order valence-electron chi connectivity index (χ1n) is 5.17. The largest absolute Gasteiger partial charge is 0.465 e. The average Bonchev–Trinajstić information content (AvgIpc) is 2.28. The molecule has 0 unspecified atom stereocenters. The van der Waals surface area contributed by atoms with E-state index < -0.39 is 11.5 Å². The Bertz CT molecular complexity index is 497. The SMILES string of the molecule is COC(=O)c1ccc2c(c1)SC(=O)C(C)(C)N2. The first-order valence-corrected chi connectivity index (χ1v) is 5.98. The van der Waals surface area contributed by atoms with Crippen LogP contribution in [0, 0.1) is 0 Å². The van der Waals surface area contributed by atoms with Gasteiger partial charge in [-0.3, -0.25) is 4.79 Å². The topological polar surface area (TPSA) is 55.4 Å². The predicted molar refractivity (Wildman–Crippen MR) is 66.3 cm³/mol. The van der Waals surface area contributed by atoms with Crippen LogP contribution in [0.2, 0.25) is 0 Å². The van der Waals surface area contributed by atoms with Gasteiger partial charge in [0.25, 0.3) is 0 Å². The molecule has 0 aromatic heterocycles. The Morgan fingerprint density at radius 1 is 1.41 bits per heavy atom. The number of thioether (sulfide) groups is 1. The van der Waals surface area contributed by atoms with Crippen LogP contribution in [0.4, 0.5) is 5.69 Å². The van der Waals surface area contributed by atoms with Crippen molar-refractivity contribution in [3.63, 3.8) is 0 Å². The normalized spacial score (nSPS) is 17.0. The molecule has 0 saturated heterocycles. The predicted octanol–water partition coefficient (Wildman–Crippen LogP) is 2.30. The molecule has 2 rings (SSSR count). The summed E-state index contributed by atoms with van der Waals surface area (Å²) in [4.78, 5) is 23.9. The van der Waals surface area contributed by atoms with Crippen LogP contribution in [0.25, 0.3) is 0 Å². The fourth-order valence-corrected chi connectivity index (χ4v) is 2.49. The van der Waals surface area contributed by atoms with Gasteiger partial charge in [0, 0.05) is 10.6 Å². The molecule has 1 N–H and O–H groups in total. The van der Waals surface area contributed by atoms with Crippen LogP contribution in [-0.4, -0.2) is 23.7 Å². The number of anilines is 1. The quantitative estimate of drug-likeness (QED) is 0.776. The molecule has 0 saturated carbocycles. The van der Waals surface area contributed by atoms with E-state index in [1.165, 1.54) is 7.11 Å². The minimum Gasteiger partial charge on any atom is -0.465 e. The van der Waals surface area contributed by atoms with Crippen molar-refractivity contribution < 1.29 is 14.3 Å². The number of rotatable bonds is 1. The van der Waals surface area contributed by atoms with E-state index in [2.05, 4.69) is 10.1 Å². The number of carbonyl (C=O) groups is 2. The number of hydrogen-bond acceptors (Lipinski definition) is 5. The Hall–Kier alpha value is -1.49. The zero-order valence-corrected chi connectivity index (χ0v) is 10.7. The van der Waals surface area contributed by atoms with Crippen LogP contribution in [0.1, 0.15) is 24.2 Å². The van der Waals surface area contributed by atoms with Crippen molar-refractivity contribution in [3.05, 3.63) is 23.8 Å². The second-order valence-corrected chi connectivity index (χ2v) is 5.36. The third-order valence-corrected chi connectivity index (χ3v) is 3.82. The van der Waals surface area contributed by atoms with Gasteiger partial charge < -0.3 is 10.1 Å². The van der Waals surface area contributed by atoms with Crippen LogP contribution >= 0.6 is 11.8 Å². The maximum Gasteiger partial charge on any atom is 0.337 e. The summed E-state index contributed by atoms with van der Waals surface area (Å²) < 4.78 is 4.64. The van der Waals surface area contributed by atoms with Gasteiger partial charge in [-0.1, -0.05) is 0 Å². The summed E-state index contributed by atoms with van der Waals surface area (Å²) in [6.45, 7) is 3.67. The van der Waals surface area contributed by atoms with Gasteiger partial charge in [-0.15, -0.1) is 0 Å². The summed E-state index contributed by atoms with van der Waals surface area (Å²) in [5.74, 6) is -0.398. The van der Waals surface area contributed by atoms with E-state index in [1.54, 1.807) is 18.2 Å². The van der Waals surface area contributed by atoms with Gasteiger partial charge in [0.2, 0.25) is 5.12 Å². The van der Waals surface area contributed by atoms with E-state index in [0.29, 0.717) is 5.56 Å². The minimum absolute atomic E-state index is 0.0343. The lowest BCUT2D eigenvalue weighted by molar-refractivity contribution is -0.114. The monoisotopic (exact) mass is 251 g/mol. The summed E-state index contributed by atoms with van der Waals surface area (Å²) in [7, 11) is 1.33. The second-order valence-electron chi connectivity index (χ2n) is 4.34. The molecule has 1 aliphatic rings. The number of esters is 1. The van der Waals surface area contributed by atoms with Crippen LogP contribution in [0.15, 0.2) is 23.1 Å². The smallest absolute Gasteiger partial charge is 0.337 e. The molecule has 1 aliphatic heterocycles. The standard InChI is InChI=1S/C12H13NO3S/c1-12(2)11(15)17-9-6-7(10(14)16-3)4-5-8(9)13-12/h4-6,13H,1-3H3. The minimum atomic E-state index is -0.579. The molecule has 1 aromatic carbocycles. The summed E-state index contributed by atoms with van der Waals surface area (Å²) in [5, 5.41) is 3.18. The molecule has 5 heteroatoms. The average molecular weight is 251 g/mol. The lowest BCUT2D eigenvalue weighted by Gasteiger charge is -2.31. The van der Waals surface area contributed by atoms with E-state index in [1.807, 2.05) is 13.8 Å². The Morgan fingerprint density at radius 2 is 2.12 bits per heavy atom. The van der Waals surface area contributed by atoms with Crippen LogP contribution in [0.5, 0.6) is 0 Å². The number of ether oxygens (including phenoxy) is 1. The highest BCUT2D eigenvalue weighted by atomic mass is 32.2. The van der Waals surface area contributed by atoms with Gasteiger partial charge in [0.05, 0.1) is 12.7 Å². The highest BCUT2D eigenvalue weighted by Gasteiger charge is 2.33. The molecule has 0 fully saturated rings. The number of hydrogen-bond donors (Lipinski definition) is 1. The van der Waals surface area contributed by atoms with Crippen molar-refractivity contribution in [2.75, 3.05) is 12.4 Å². The van der Waals surface area contributed by atoms with Gasteiger partial charge in [-0.2, -0.15) is 0 Å². The third-order valence-electron chi connectivity index (χ3n) is 2.56. The molecule has 1 heterocycles. The number of nitrogens with one attached hydrogen (secondary N) is 1.